The molecule has 8 nitrogen and oxygen atoms in total. The highest BCUT2D eigenvalue weighted by Crippen LogP contribution is 2.27. The molecule has 0 saturated carbocycles. The van der Waals surface area contributed by atoms with Gasteiger partial charge in [-0.15, -0.1) is 22.9 Å². The first kappa shape index (κ1) is 19.8. The minimum atomic E-state index is -0.515. The van der Waals surface area contributed by atoms with Crippen molar-refractivity contribution in [3.8, 4) is 22.1 Å². The maximum absolute atomic E-state index is 11.9. The molecule has 0 fully saturated rings. The van der Waals surface area contributed by atoms with Gasteiger partial charge in [0, 0.05) is 17.0 Å². The topological polar surface area (TPSA) is 95.3 Å². The summed E-state index contributed by atoms with van der Waals surface area (Å²) in [7, 11) is 1.59. The van der Waals surface area contributed by atoms with E-state index in [1.54, 1.807) is 25.5 Å². The summed E-state index contributed by atoms with van der Waals surface area (Å²) in [5, 5.41) is 9.20. The van der Waals surface area contributed by atoms with Crippen LogP contribution >= 0.6 is 22.9 Å². The van der Waals surface area contributed by atoms with Gasteiger partial charge in [0.05, 0.1) is 19.4 Å². The molecule has 10 heteroatoms. The van der Waals surface area contributed by atoms with E-state index < -0.39 is 5.97 Å². The number of nitrogens with zero attached hydrogens (tertiary/aromatic N) is 3. The van der Waals surface area contributed by atoms with Crippen molar-refractivity contribution >= 4 is 40.6 Å². The molecule has 1 aromatic carbocycles. The van der Waals surface area contributed by atoms with E-state index in [2.05, 4.69) is 15.4 Å². The number of halogens is 1. The number of amides is 1. The molecule has 1 N–H and O–H groups in total. The Bertz CT molecular complexity index is 984. The Morgan fingerprint density at radius 1 is 1.29 bits per heavy atom. The van der Waals surface area contributed by atoms with Crippen molar-refractivity contribution < 1.29 is 19.1 Å². The number of alkyl halides is 1. The SMILES string of the molecule is CCOC(=O)c1csc(-n2nc(-c3ccc(OC)cc3)cc2NC(=O)CCl)n1. The van der Waals surface area contributed by atoms with Crippen LogP contribution in [0.4, 0.5) is 5.82 Å². The number of nitrogens with one attached hydrogen (secondary N) is 1. The number of ether oxygens (including phenoxy) is 2. The van der Waals surface area contributed by atoms with Gasteiger partial charge in [0.15, 0.2) is 5.69 Å². The average Bonchev–Trinajstić information content (AvgIpc) is 3.35. The fourth-order valence-electron chi connectivity index (χ4n) is 2.36. The summed E-state index contributed by atoms with van der Waals surface area (Å²) in [5.41, 5.74) is 1.61. The Morgan fingerprint density at radius 2 is 2.04 bits per heavy atom. The van der Waals surface area contributed by atoms with Crippen molar-refractivity contribution in [1.29, 1.82) is 0 Å². The standard InChI is InChI=1S/C18H17ClN4O4S/c1-3-27-17(25)14-10-28-18(20-14)23-15(21-16(24)9-19)8-13(22-23)11-4-6-12(26-2)7-5-11/h4-8,10H,3,9H2,1-2H3,(H,21,24). The Morgan fingerprint density at radius 3 is 2.68 bits per heavy atom. The van der Waals surface area contributed by atoms with E-state index in [0.717, 1.165) is 11.3 Å². The molecule has 2 heterocycles. The zero-order valence-electron chi connectivity index (χ0n) is 15.1. The Hall–Kier alpha value is -2.91. The van der Waals surface area contributed by atoms with Crippen LogP contribution in [0.15, 0.2) is 35.7 Å². The van der Waals surface area contributed by atoms with Crippen LogP contribution in [-0.4, -0.2) is 46.2 Å². The first-order valence-corrected chi connectivity index (χ1v) is 9.70. The lowest BCUT2D eigenvalue weighted by molar-refractivity contribution is -0.114. The Labute approximate surface area is 170 Å². The smallest absolute Gasteiger partial charge is 0.357 e. The van der Waals surface area contributed by atoms with Gasteiger partial charge in [0.1, 0.15) is 17.4 Å². The maximum Gasteiger partial charge on any atom is 0.357 e. The third-order valence-electron chi connectivity index (χ3n) is 3.64. The van der Waals surface area contributed by atoms with Crippen LogP contribution in [0.3, 0.4) is 0 Å². The van der Waals surface area contributed by atoms with Gasteiger partial charge in [-0.1, -0.05) is 0 Å². The molecule has 0 aliphatic carbocycles. The maximum atomic E-state index is 11.9. The normalized spacial score (nSPS) is 10.5. The number of esters is 1. The third kappa shape index (κ3) is 4.32. The van der Waals surface area contributed by atoms with Gasteiger partial charge < -0.3 is 14.8 Å². The Balaban J connectivity index is 1.99. The quantitative estimate of drug-likeness (QED) is 0.465. The number of methoxy groups -OCH3 is 1. The van der Waals surface area contributed by atoms with Gasteiger partial charge in [-0.25, -0.2) is 9.78 Å². The van der Waals surface area contributed by atoms with Gasteiger partial charge in [-0.2, -0.15) is 9.78 Å². The summed E-state index contributed by atoms with van der Waals surface area (Å²) >= 11 is 6.81. The second-order valence-electron chi connectivity index (χ2n) is 5.47. The minimum absolute atomic E-state index is 0.179. The second-order valence-corrected chi connectivity index (χ2v) is 6.58. The number of rotatable bonds is 7. The van der Waals surface area contributed by atoms with Crippen molar-refractivity contribution in [2.24, 2.45) is 0 Å². The van der Waals surface area contributed by atoms with Crippen molar-refractivity contribution in [3.63, 3.8) is 0 Å². The van der Waals surface area contributed by atoms with Crippen LogP contribution in [0.5, 0.6) is 5.75 Å². The zero-order valence-corrected chi connectivity index (χ0v) is 16.7. The molecule has 0 atom stereocenters. The van der Waals surface area contributed by atoms with Crippen LogP contribution in [-0.2, 0) is 9.53 Å². The molecule has 0 aliphatic heterocycles. The zero-order chi connectivity index (χ0) is 20.1. The van der Waals surface area contributed by atoms with Crippen molar-refractivity contribution in [3.05, 3.63) is 41.4 Å². The van der Waals surface area contributed by atoms with Crippen LogP contribution in [0, 0.1) is 0 Å². The largest absolute Gasteiger partial charge is 0.497 e. The first-order valence-electron chi connectivity index (χ1n) is 8.29. The van der Waals surface area contributed by atoms with Gasteiger partial charge in [0.25, 0.3) is 0 Å². The highest BCUT2D eigenvalue weighted by molar-refractivity contribution is 7.12. The number of benzene rings is 1. The molecule has 146 valence electrons. The summed E-state index contributed by atoms with van der Waals surface area (Å²) in [6, 6.07) is 9.04. The number of hydrogen-bond acceptors (Lipinski definition) is 7. The van der Waals surface area contributed by atoms with E-state index >= 15 is 0 Å². The molecule has 0 spiro atoms. The molecule has 0 bridgehead atoms. The lowest BCUT2D eigenvalue weighted by Gasteiger charge is -2.04. The number of hydrogen-bond donors (Lipinski definition) is 1. The second kappa shape index (κ2) is 8.85. The van der Waals surface area contributed by atoms with E-state index in [1.807, 2.05) is 24.3 Å². The lowest BCUT2D eigenvalue weighted by atomic mass is 10.1. The number of aromatic nitrogens is 3. The molecule has 28 heavy (non-hydrogen) atoms. The first-order chi connectivity index (χ1) is 13.5. The number of anilines is 1. The Kier molecular flexibility index (Phi) is 6.27. The predicted molar refractivity (Wildman–Crippen MR) is 107 cm³/mol. The predicted octanol–water partition coefficient (Wildman–Crippen LogP) is 3.36. The summed E-state index contributed by atoms with van der Waals surface area (Å²) in [5.74, 6) is 0.0128. The average molecular weight is 421 g/mol. The molecular weight excluding hydrogens is 404 g/mol. The molecule has 3 rings (SSSR count). The van der Waals surface area contributed by atoms with Crippen molar-refractivity contribution in [2.75, 3.05) is 24.9 Å². The number of thiazole rings is 1. The van der Waals surface area contributed by atoms with Gasteiger partial charge in [-0.05, 0) is 31.2 Å². The fourth-order valence-corrected chi connectivity index (χ4v) is 3.18. The van der Waals surface area contributed by atoms with Crippen LogP contribution in [0.2, 0.25) is 0 Å². The molecule has 3 aromatic rings. The van der Waals surface area contributed by atoms with Crippen molar-refractivity contribution in [2.45, 2.75) is 6.92 Å². The van der Waals surface area contributed by atoms with E-state index in [0.29, 0.717) is 16.6 Å². The van der Waals surface area contributed by atoms with Gasteiger partial charge in [0.2, 0.25) is 11.0 Å². The van der Waals surface area contributed by atoms with Crippen LogP contribution < -0.4 is 10.1 Å². The molecule has 0 aliphatic rings. The summed E-state index contributed by atoms with van der Waals surface area (Å²) in [6.45, 7) is 1.98. The number of carbonyl (C=O) groups is 2. The van der Waals surface area contributed by atoms with Gasteiger partial charge >= 0.3 is 5.97 Å². The highest BCUT2D eigenvalue weighted by Gasteiger charge is 2.18. The summed E-state index contributed by atoms with van der Waals surface area (Å²) in [4.78, 5) is 27.9. The molecule has 2 aromatic heterocycles. The van der Waals surface area contributed by atoms with Crippen LogP contribution in [0.25, 0.3) is 16.4 Å². The highest BCUT2D eigenvalue weighted by atomic mass is 35.5. The van der Waals surface area contributed by atoms with E-state index in [-0.39, 0.29) is 24.1 Å². The molecule has 0 radical (unpaired) electrons. The van der Waals surface area contributed by atoms with E-state index in [1.165, 1.54) is 16.0 Å². The molecular formula is C18H17ClN4O4S. The van der Waals surface area contributed by atoms with E-state index in [4.69, 9.17) is 21.1 Å². The van der Waals surface area contributed by atoms with E-state index in [9.17, 15) is 9.59 Å². The minimum Gasteiger partial charge on any atom is -0.497 e. The number of carbonyl (C=O) groups excluding carboxylic acids is 2. The molecule has 1 amide bonds. The van der Waals surface area contributed by atoms with Crippen molar-refractivity contribution in [1.82, 2.24) is 14.8 Å². The molecule has 0 unspecified atom stereocenters. The lowest BCUT2D eigenvalue weighted by Crippen LogP contribution is -2.16. The summed E-state index contributed by atoms with van der Waals surface area (Å²) < 4.78 is 11.6. The van der Waals surface area contributed by atoms with Gasteiger partial charge in [-0.3, -0.25) is 4.79 Å². The molecule has 0 saturated heterocycles. The third-order valence-corrected chi connectivity index (χ3v) is 4.70. The summed E-state index contributed by atoms with van der Waals surface area (Å²) in [6.07, 6.45) is 0. The fraction of sp³-hybridized carbons (Fsp3) is 0.222. The van der Waals surface area contributed by atoms with Crippen LogP contribution in [0.1, 0.15) is 17.4 Å². The monoisotopic (exact) mass is 420 g/mol.